The van der Waals surface area contributed by atoms with Crippen LogP contribution in [0.5, 0.6) is 0 Å². The van der Waals surface area contributed by atoms with Crippen molar-refractivity contribution in [3.05, 3.63) is 16.5 Å². The second-order valence-corrected chi connectivity index (χ2v) is 3.26. The molecule has 0 fully saturated rings. The van der Waals surface area contributed by atoms with Gasteiger partial charge in [-0.2, -0.15) is 0 Å². The minimum atomic E-state index is 0.200. The number of hydrogen-bond donors (Lipinski definition) is 0. The molecular weight excluding hydrogens is 211 g/mol. The molecule has 0 unspecified atom stereocenters. The summed E-state index contributed by atoms with van der Waals surface area (Å²) in [5, 5.41) is 0.458. The summed E-state index contributed by atoms with van der Waals surface area (Å²) >= 11 is 11.3. The van der Waals surface area contributed by atoms with E-state index in [4.69, 9.17) is 23.2 Å². The molecule has 0 N–H and O–H groups in total. The normalized spacial score (nSPS) is 10.8. The quantitative estimate of drug-likeness (QED) is 0.564. The van der Waals surface area contributed by atoms with Gasteiger partial charge in [-0.25, -0.2) is 15.0 Å². The highest BCUT2D eigenvalue weighted by molar-refractivity contribution is 6.33. The molecule has 1 rings (SSSR count). The number of rotatable bonds is 2. The van der Waals surface area contributed by atoms with Crippen molar-refractivity contribution in [3.8, 4) is 0 Å². The zero-order valence-corrected chi connectivity index (χ0v) is 8.71. The third-order valence-corrected chi connectivity index (χ3v) is 1.53. The summed E-state index contributed by atoms with van der Waals surface area (Å²) < 4.78 is 0. The molecule has 0 aliphatic rings. The molecule has 13 heavy (non-hydrogen) atoms. The van der Waals surface area contributed by atoms with E-state index in [0.717, 1.165) is 0 Å². The predicted molar refractivity (Wildman–Crippen MR) is 53.9 cm³/mol. The minimum Gasteiger partial charge on any atom is -0.369 e. The van der Waals surface area contributed by atoms with Crippen molar-refractivity contribution in [3.63, 3.8) is 0 Å². The van der Waals surface area contributed by atoms with Crippen LogP contribution in [0.15, 0.2) is 11.2 Å². The van der Waals surface area contributed by atoms with Crippen LogP contribution >= 0.6 is 23.2 Å². The van der Waals surface area contributed by atoms with Gasteiger partial charge >= 0.3 is 0 Å². The fourth-order valence-electron chi connectivity index (χ4n) is 0.597. The largest absolute Gasteiger partial charge is 0.369 e. The Kier molecular flexibility index (Phi) is 3.45. The van der Waals surface area contributed by atoms with Gasteiger partial charge in [-0.15, -0.1) is 0 Å². The highest BCUT2D eigenvalue weighted by Crippen LogP contribution is 2.20. The van der Waals surface area contributed by atoms with Crippen LogP contribution in [0.1, 0.15) is 0 Å². The second kappa shape index (κ2) is 4.39. The van der Waals surface area contributed by atoms with Gasteiger partial charge in [0.1, 0.15) is 5.15 Å². The summed E-state index contributed by atoms with van der Waals surface area (Å²) in [5.41, 5.74) is 0. The summed E-state index contributed by atoms with van der Waals surface area (Å²) in [6.45, 7) is 0. The highest BCUT2D eigenvalue weighted by atomic mass is 35.5. The van der Waals surface area contributed by atoms with Gasteiger partial charge in [0, 0.05) is 14.1 Å². The summed E-state index contributed by atoms with van der Waals surface area (Å²) in [5.74, 6) is 0.361. The molecule has 0 radical (unpaired) electrons. The van der Waals surface area contributed by atoms with E-state index in [0.29, 0.717) is 5.82 Å². The van der Waals surface area contributed by atoms with Crippen LogP contribution in [-0.2, 0) is 0 Å². The van der Waals surface area contributed by atoms with Crippen molar-refractivity contribution >= 4 is 35.4 Å². The van der Waals surface area contributed by atoms with Crippen molar-refractivity contribution in [1.29, 1.82) is 0 Å². The van der Waals surface area contributed by atoms with Crippen molar-refractivity contribution < 1.29 is 0 Å². The first-order chi connectivity index (χ1) is 6.09. The van der Waals surface area contributed by atoms with Gasteiger partial charge in [-0.05, 0) is 0 Å². The molecule has 0 aliphatic heterocycles. The third-order valence-electron chi connectivity index (χ3n) is 1.09. The molecule has 1 aromatic heterocycles. The second-order valence-electron chi connectivity index (χ2n) is 2.52. The van der Waals surface area contributed by atoms with Crippen LogP contribution in [0.4, 0.5) is 5.82 Å². The Balaban J connectivity index is 2.90. The third kappa shape index (κ3) is 3.16. The smallest absolute Gasteiger partial charge is 0.191 e. The summed E-state index contributed by atoms with van der Waals surface area (Å²) in [4.78, 5) is 13.4. The van der Waals surface area contributed by atoms with Crippen molar-refractivity contribution in [1.82, 2.24) is 14.9 Å². The van der Waals surface area contributed by atoms with Crippen LogP contribution in [0, 0.1) is 0 Å². The molecule has 0 atom stereocenters. The Bertz CT molecular complexity index is 324. The molecule has 4 nitrogen and oxygen atoms in total. The van der Waals surface area contributed by atoms with Gasteiger partial charge in [0.05, 0.1) is 12.5 Å². The molecule has 0 aromatic carbocycles. The van der Waals surface area contributed by atoms with E-state index < -0.39 is 0 Å². The van der Waals surface area contributed by atoms with E-state index in [9.17, 15) is 0 Å². The standard InChI is InChI=1S/C7H8Cl2N4/c1-13(2)4-11-7-6(9)12-5(8)3-10-7/h3-4H,1-2H3. The lowest BCUT2D eigenvalue weighted by molar-refractivity contribution is 0.643. The molecule has 1 aromatic rings. The van der Waals surface area contributed by atoms with Gasteiger partial charge in [-0.1, -0.05) is 23.2 Å². The number of aliphatic imine (C=N–C) groups is 1. The Hall–Kier alpha value is -0.870. The first kappa shape index (κ1) is 10.2. The first-order valence-corrected chi connectivity index (χ1v) is 4.24. The number of nitrogens with zero attached hydrogens (tertiary/aromatic N) is 4. The number of hydrogen-bond acceptors (Lipinski definition) is 3. The summed E-state index contributed by atoms with van der Waals surface area (Å²) in [6.07, 6.45) is 2.99. The van der Waals surface area contributed by atoms with E-state index in [2.05, 4.69) is 15.0 Å². The van der Waals surface area contributed by atoms with Gasteiger partial charge in [0.15, 0.2) is 11.0 Å². The highest BCUT2D eigenvalue weighted by Gasteiger charge is 2.01. The van der Waals surface area contributed by atoms with Crippen molar-refractivity contribution in [2.24, 2.45) is 4.99 Å². The fraction of sp³-hybridized carbons (Fsp3) is 0.286. The van der Waals surface area contributed by atoms with E-state index in [1.54, 1.807) is 11.2 Å². The molecule has 1 heterocycles. The zero-order chi connectivity index (χ0) is 9.84. The van der Waals surface area contributed by atoms with Crippen molar-refractivity contribution in [2.75, 3.05) is 14.1 Å². The van der Waals surface area contributed by atoms with Gasteiger partial charge in [0.25, 0.3) is 0 Å². The predicted octanol–water partition coefficient (Wildman–Crippen LogP) is 2.00. The van der Waals surface area contributed by atoms with E-state index in [-0.39, 0.29) is 10.3 Å². The van der Waals surface area contributed by atoms with E-state index in [1.165, 1.54) is 6.20 Å². The van der Waals surface area contributed by atoms with Gasteiger partial charge < -0.3 is 4.90 Å². The topological polar surface area (TPSA) is 41.4 Å². The first-order valence-electron chi connectivity index (χ1n) is 3.48. The van der Waals surface area contributed by atoms with E-state index >= 15 is 0 Å². The Labute approximate surface area is 86.2 Å². The Morgan fingerprint density at radius 1 is 1.46 bits per heavy atom. The average Bonchev–Trinajstić information content (AvgIpc) is 2.02. The molecule has 0 aliphatic carbocycles. The van der Waals surface area contributed by atoms with Crippen LogP contribution in [-0.4, -0.2) is 35.3 Å². The fourth-order valence-corrected chi connectivity index (χ4v) is 0.962. The van der Waals surface area contributed by atoms with Crippen molar-refractivity contribution in [2.45, 2.75) is 0 Å². The van der Waals surface area contributed by atoms with Crippen LogP contribution < -0.4 is 0 Å². The Morgan fingerprint density at radius 2 is 2.15 bits per heavy atom. The van der Waals surface area contributed by atoms with E-state index in [1.807, 2.05) is 14.1 Å². The molecule has 0 saturated carbocycles. The van der Waals surface area contributed by atoms with Crippen LogP contribution in [0.2, 0.25) is 10.3 Å². The Morgan fingerprint density at radius 3 is 2.69 bits per heavy atom. The van der Waals surface area contributed by atoms with Gasteiger partial charge in [0.2, 0.25) is 0 Å². The monoisotopic (exact) mass is 218 g/mol. The van der Waals surface area contributed by atoms with Gasteiger partial charge in [-0.3, -0.25) is 0 Å². The molecule has 0 saturated heterocycles. The maximum atomic E-state index is 5.72. The number of halogens is 2. The molecular formula is C7H8Cl2N4. The van der Waals surface area contributed by atoms with Crippen LogP contribution in [0.3, 0.4) is 0 Å². The van der Waals surface area contributed by atoms with Crippen LogP contribution in [0.25, 0.3) is 0 Å². The zero-order valence-electron chi connectivity index (χ0n) is 7.20. The lowest BCUT2D eigenvalue weighted by Gasteiger charge is -2.02. The molecule has 0 amide bonds. The molecule has 6 heteroatoms. The summed E-state index contributed by atoms with van der Waals surface area (Å²) in [7, 11) is 3.70. The summed E-state index contributed by atoms with van der Waals surface area (Å²) in [6, 6.07) is 0. The maximum absolute atomic E-state index is 5.72. The SMILES string of the molecule is CN(C)C=Nc1ncc(Cl)nc1Cl. The maximum Gasteiger partial charge on any atom is 0.191 e. The lowest BCUT2D eigenvalue weighted by Crippen LogP contribution is -2.07. The molecule has 70 valence electrons. The minimum absolute atomic E-state index is 0.200. The molecule has 0 bridgehead atoms. The lowest BCUT2D eigenvalue weighted by atomic mass is 10.7. The molecule has 0 spiro atoms. The number of aromatic nitrogens is 2. The average molecular weight is 219 g/mol.